The molecule has 0 saturated heterocycles. The van der Waals surface area contributed by atoms with E-state index in [9.17, 15) is 9.59 Å². The molecule has 0 N–H and O–H groups in total. The highest BCUT2D eigenvalue weighted by Gasteiger charge is 2.23. The maximum Gasteiger partial charge on any atom is 0.325 e. The summed E-state index contributed by atoms with van der Waals surface area (Å²) in [6.07, 6.45) is 18.4. The van der Waals surface area contributed by atoms with Crippen LogP contribution in [0.4, 0.5) is 0 Å². The second-order valence-corrected chi connectivity index (χ2v) is 12.7. The Labute approximate surface area is 276 Å². The monoisotopic (exact) mass is 629 g/mol. The molecule has 1 fully saturated rings. The molecule has 2 aromatic carbocycles. The maximum atomic E-state index is 14.4. The second kappa shape index (κ2) is 18.7. The molecule has 6 heteroatoms. The van der Waals surface area contributed by atoms with E-state index in [1.165, 1.54) is 37.5 Å². The van der Waals surface area contributed by atoms with E-state index in [0.717, 1.165) is 81.9 Å². The highest BCUT2D eigenvalue weighted by molar-refractivity contribution is 5.78. The summed E-state index contributed by atoms with van der Waals surface area (Å²) < 4.78 is 19.2. The summed E-state index contributed by atoms with van der Waals surface area (Å²) in [7, 11) is 1.39. The molecule has 46 heavy (non-hydrogen) atoms. The molecule has 1 unspecified atom stereocenters. The number of unbranched alkanes of at least 4 members (excludes halogenated alkanes) is 2. The Bertz CT molecular complexity index is 1440. The van der Waals surface area contributed by atoms with Crippen molar-refractivity contribution in [3.63, 3.8) is 0 Å². The number of methoxy groups -OCH3 is 1. The molecule has 1 aliphatic rings. The van der Waals surface area contributed by atoms with Crippen molar-refractivity contribution in [2.24, 2.45) is 0 Å². The average molecular weight is 630 g/mol. The molecule has 1 saturated carbocycles. The van der Waals surface area contributed by atoms with Gasteiger partial charge < -0.3 is 18.8 Å². The van der Waals surface area contributed by atoms with Crippen LogP contribution in [0.1, 0.15) is 115 Å². The summed E-state index contributed by atoms with van der Waals surface area (Å²) in [5, 5.41) is 0. The first-order valence-electron chi connectivity index (χ1n) is 17.8. The van der Waals surface area contributed by atoms with Gasteiger partial charge in [-0.15, -0.1) is 0 Å². The number of benzene rings is 2. The minimum absolute atomic E-state index is 0.0204. The second-order valence-electron chi connectivity index (χ2n) is 12.7. The Balaban J connectivity index is 1.61. The summed E-state index contributed by atoms with van der Waals surface area (Å²) in [5.41, 5.74) is 5.35. The Kier molecular flexibility index (Phi) is 14.4. The molecule has 6 nitrogen and oxygen atoms in total. The first-order valence-corrected chi connectivity index (χ1v) is 17.8. The molecule has 0 aliphatic heterocycles. The molecule has 1 heterocycles. The number of esters is 1. The molecule has 0 spiro atoms. The quantitative estimate of drug-likeness (QED) is 0.104. The van der Waals surface area contributed by atoms with Gasteiger partial charge in [-0.25, -0.2) is 0 Å². The number of para-hydroxylation sites is 1. The zero-order chi connectivity index (χ0) is 32.7. The van der Waals surface area contributed by atoms with Crippen molar-refractivity contribution < 1.29 is 19.0 Å². The molecule has 0 bridgehead atoms. The van der Waals surface area contributed by atoms with Gasteiger partial charge in [-0.1, -0.05) is 89.3 Å². The number of ether oxygens (including phenoxy) is 3. The first-order chi connectivity index (χ1) is 22.5. The summed E-state index contributed by atoms with van der Waals surface area (Å²) in [5.74, 6) is 0.754. The van der Waals surface area contributed by atoms with Gasteiger partial charge in [0.1, 0.15) is 12.3 Å². The molecule has 1 atom stereocenters. The molecule has 0 amide bonds. The van der Waals surface area contributed by atoms with Crippen LogP contribution in [0, 0.1) is 0 Å². The van der Waals surface area contributed by atoms with E-state index in [0.29, 0.717) is 35.5 Å². The van der Waals surface area contributed by atoms with Crippen molar-refractivity contribution in [2.75, 3.05) is 20.3 Å². The number of hydrogen-bond donors (Lipinski definition) is 0. The molecule has 250 valence electrons. The van der Waals surface area contributed by atoms with E-state index in [1.807, 2.05) is 30.5 Å². The smallest absolute Gasteiger partial charge is 0.325 e. The fourth-order valence-corrected chi connectivity index (χ4v) is 6.71. The predicted molar refractivity (Wildman–Crippen MR) is 188 cm³/mol. The Hall–Kier alpha value is -3.38. The van der Waals surface area contributed by atoms with Crippen LogP contribution in [0.3, 0.4) is 0 Å². The van der Waals surface area contributed by atoms with Crippen molar-refractivity contribution in [2.45, 2.75) is 123 Å². The SMILES string of the molecule is CCCOC(CCC)CCCCCOc1ccccc1-c1cn(CC(=O)OC)cc(-c2ccc(CC)cc2C2CCCCC2)c1=O. The highest BCUT2D eigenvalue weighted by Crippen LogP contribution is 2.39. The van der Waals surface area contributed by atoms with E-state index in [1.54, 1.807) is 10.8 Å². The lowest BCUT2D eigenvalue weighted by atomic mass is 9.80. The van der Waals surface area contributed by atoms with E-state index < -0.39 is 0 Å². The number of aryl methyl sites for hydroxylation is 1. The zero-order valence-corrected chi connectivity index (χ0v) is 28.7. The number of hydrogen-bond acceptors (Lipinski definition) is 5. The van der Waals surface area contributed by atoms with Gasteiger partial charge >= 0.3 is 5.97 Å². The molecular formula is C40H55NO5. The Morgan fingerprint density at radius 1 is 0.848 bits per heavy atom. The lowest BCUT2D eigenvalue weighted by Crippen LogP contribution is -2.18. The largest absolute Gasteiger partial charge is 0.493 e. The highest BCUT2D eigenvalue weighted by atomic mass is 16.5. The van der Waals surface area contributed by atoms with Gasteiger partial charge in [-0.3, -0.25) is 9.59 Å². The van der Waals surface area contributed by atoms with Crippen LogP contribution in [-0.4, -0.2) is 37.0 Å². The average Bonchev–Trinajstić information content (AvgIpc) is 3.09. The number of carbonyl (C=O) groups excluding carboxylic acids is 1. The van der Waals surface area contributed by atoms with E-state index >= 15 is 0 Å². The molecule has 0 radical (unpaired) electrons. The summed E-state index contributed by atoms with van der Waals surface area (Å²) in [6.45, 7) is 7.97. The number of nitrogens with zero attached hydrogens (tertiary/aromatic N) is 1. The number of pyridine rings is 1. The number of aromatic nitrogens is 1. The van der Waals surface area contributed by atoms with Crippen LogP contribution in [-0.2, 0) is 27.2 Å². The Morgan fingerprint density at radius 2 is 1.61 bits per heavy atom. The first kappa shape index (κ1) is 35.5. The predicted octanol–water partition coefficient (Wildman–Crippen LogP) is 9.50. The standard InChI is InChI=1S/C40H55NO5/c1-5-16-32(45-24-6-2)19-12-9-15-25-46-38-21-14-13-20-34(38)37-28-41(29-39(42)44-4)27-36(40(37)43)33-23-22-30(7-3)26-35(33)31-17-10-8-11-18-31/h13-14,20-23,26-28,31-32H,5-12,15-19,24-25,29H2,1-4H3. The van der Waals surface area contributed by atoms with E-state index in [2.05, 4.69) is 39.0 Å². The third-order valence-electron chi connectivity index (χ3n) is 9.25. The summed E-state index contributed by atoms with van der Waals surface area (Å²) in [4.78, 5) is 26.9. The van der Waals surface area contributed by atoms with Gasteiger partial charge in [0.15, 0.2) is 5.43 Å². The van der Waals surface area contributed by atoms with Gasteiger partial charge in [0.2, 0.25) is 0 Å². The normalized spacial score (nSPS) is 14.3. The van der Waals surface area contributed by atoms with Crippen LogP contribution >= 0.6 is 0 Å². The molecule has 3 aromatic rings. The van der Waals surface area contributed by atoms with Crippen molar-refractivity contribution in [1.29, 1.82) is 0 Å². The van der Waals surface area contributed by atoms with Crippen molar-refractivity contribution in [1.82, 2.24) is 4.57 Å². The number of carbonyl (C=O) groups is 1. The fourth-order valence-electron chi connectivity index (χ4n) is 6.71. The topological polar surface area (TPSA) is 66.8 Å². The van der Waals surface area contributed by atoms with E-state index in [4.69, 9.17) is 14.2 Å². The lowest BCUT2D eigenvalue weighted by Gasteiger charge is -2.25. The van der Waals surface area contributed by atoms with Gasteiger partial charge in [0.05, 0.1) is 19.8 Å². The fraction of sp³-hybridized carbons (Fsp3) is 0.550. The van der Waals surface area contributed by atoms with Crippen LogP contribution < -0.4 is 10.2 Å². The van der Waals surface area contributed by atoms with Crippen molar-refractivity contribution in [3.8, 4) is 28.0 Å². The van der Waals surface area contributed by atoms with Crippen LogP contribution in [0.15, 0.2) is 59.7 Å². The molecule has 4 rings (SSSR count). The van der Waals surface area contributed by atoms with Crippen molar-refractivity contribution in [3.05, 3.63) is 76.2 Å². The van der Waals surface area contributed by atoms with Gasteiger partial charge in [-0.05, 0) is 80.0 Å². The van der Waals surface area contributed by atoms with Crippen LogP contribution in [0.25, 0.3) is 22.3 Å². The minimum atomic E-state index is -0.361. The number of rotatable bonds is 18. The Morgan fingerprint density at radius 3 is 2.33 bits per heavy atom. The third kappa shape index (κ3) is 9.81. The zero-order valence-electron chi connectivity index (χ0n) is 28.7. The van der Waals surface area contributed by atoms with Crippen LogP contribution in [0.5, 0.6) is 5.75 Å². The maximum absolute atomic E-state index is 14.4. The summed E-state index contributed by atoms with van der Waals surface area (Å²) >= 11 is 0. The minimum Gasteiger partial charge on any atom is -0.493 e. The van der Waals surface area contributed by atoms with Gasteiger partial charge in [0.25, 0.3) is 0 Å². The summed E-state index contributed by atoms with van der Waals surface area (Å²) in [6, 6.07) is 14.3. The molecule has 1 aliphatic carbocycles. The van der Waals surface area contributed by atoms with Gasteiger partial charge in [0, 0.05) is 35.7 Å². The third-order valence-corrected chi connectivity index (χ3v) is 9.25. The van der Waals surface area contributed by atoms with Gasteiger partial charge in [-0.2, -0.15) is 0 Å². The van der Waals surface area contributed by atoms with Crippen LogP contribution in [0.2, 0.25) is 0 Å². The molecular weight excluding hydrogens is 574 g/mol. The van der Waals surface area contributed by atoms with E-state index in [-0.39, 0.29) is 17.9 Å². The lowest BCUT2D eigenvalue weighted by molar-refractivity contribution is -0.141. The molecule has 1 aromatic heterocycles. The van der Waals surface area contributed by atoms with Crippen molar-refractivity contribution >= 4 is 5.97 Å².